The van der Waals surface area contributed by atoms with Crippen molar-refractivity contribution in [2.45, 2.75) is 37.2 Å². The summed E-state index contributed by atoms with van der Waals surface area (Å²) in [7, 11) is -4.18. The molecule has 0 spiro atoms. The van der Waals surface area contributed by atoms with Gasteiger partial charge in [0, 0.05) is 29.0 Å². The fourth-order valence-corrected chi connectivity index (χ4v) is 6.46. The molecule has 224 valence electrons. The molecule has 0 aliphatic heterocycles. The zero-order valence-corrected chi connectivity index (χ0v) is 26.9. The lowest BCUT2D eigenvalue weighted by atomic mass is 10.0. The molecule has 10 heteroatoms. The van der Waals surface area contributed by atoms with Gasteiger partial charge in [-0.1, -0.05) is 101 Å². The van der Waals surface area contributed by atoms with Crippen molar-refractivity contribution in [3.8, 4) is 0 Å². The number of carbonyl (C=O) groups excluding carboxylic acids is 2. The van der Waals surface area contributed by atoms with Crippen molar-refractivity contribution in [1.29, 1.82) is 0 Å². The van der Waals surface area contributed by atoms with Gasteiger partial charge in [-0.2, -0.15) is 0 Å². The van der Waals surface area contributed by atoms with Crippen LogP contribution < -0.4 is 9.62 Å². The van der Waals surface area contributed by atoms with Crippen LogP contribution in [0.3, 0.4) is 0 Å². The molecule has 1 atom stereocenters. The predicted molar refractivity (Wildman–Crippen MR) is 174 cm³/mol. The fraction of sp³-hybridized carbons (Fsp3) is 0.212. The van der Waals surface area contributed by atoms with Crippen molar-refractivity contribution < 1.29 is 18.0 Å². The van der Waals surface area contributed by atoms with Crippen molar-refractivity contribution >= 4 is 55.1 Å². The van der Waals surface area contributed by atoms with Crippen LogP contribution in [0, 0.1) is 0 Å². The monoisotopic (exact) mass is 681 g/mol. The number of hydrogen-bond acceptors (Lipinski definition) is 4. The van der Waals surface area contributed by atoms with E-state index >= 15 is 0 Å². The maximum Gasteiger partial charge on any atom is 0.264 e. The van der Waals surface area contributed by atoms with Crippen LogP contribution in [-0.2, 0) is 32.6 Å². The third kappa shape index (κ3) is 8.69. The number of nitrogens with one attached hydrogen (secondary N) is 1. The van der Waals surface area contributed by atoms with Crippen molar-refractivity contribution in [2.24, 2.45) is 0 Å². The minimum absolute atomic E-state index is 0.0313. The molecule has 43 heavy (non-hydrogen) atoms. The number of nitrogens with zero attached hydrogens (tertiary/aromatic N) is 2. The molecule has 4 aromatic carbocycles. The summed E-state index contributed by atoms with van der Waals surface area (Å²) in [6.07, 6.45) is 0.976. The highest BCUT2D eigenvalue weighted by Crippen LogP contribution is 2.27. The van der Waals surface area contributed by atoms with Gasteiger partial charge in [0.1, 0.15) is 12.6 Å². The summed E-state index contributed by atoms with van der Waals surface area (Å²) in [5.74, 6) is -0.841. The first-order chi connectivity index (χ1) is 20.7. The summed E-state index contributed by atoms with van der Waals surface area (Å²) < 4.78 is 29.8. The Morgan fingerprint density at radius 3 is 2.14 bits per heavy atom. The van der Waals surface area contributed by atoms with E-state index in [9.17, 15) is 18.0 Å². The Bertz CT molecular complexity index is 1620. The fourth-order valence-electron chi connectivity index (χ4n) is 4.59. The summed E-state index contributed by atoms with van der Waals surface area (Å²) in [6, 6.07) is 30.3. The SMILES string of the molecule is CCCNC(=O)[C@@H](Cc1ccccc1)N(Cc1ccc(Br)cc1)C(=O)CN(c1cccc(Cl)c1)S(=O)(=O)c1ccccc1. The van der Waals surface area contributed by atoms with Gasteiger partial charge >= 0.3 is 0 Å². The first-order valence-corrected chi connectivity index (χ1v) is 16.5. The summed E-state index contributed by atoms with van der Waals surface area (Å²) in [5.41, 5.74) is 1.90. The van der Waals surface area contributed by atoms with Gasteiger partial charge in [0.2, 0.25) is 11.8 Å². The molecule has 1 N–H and O–H groups in total. The van der Waals surface area contributed by atoms with Crippen LogP contribution in [0.15, 0.2) is 119 Å². The molecule has 0 saturated carbocycles. The first-order valence-electron chi connectivity index (χ1n) is 13.9. The van der Waals surface area contributed by atoms with E-state index in [2.05, 4.69) is 21.2 Å². The van der Waals surface area contributed by atoms with Crippen LogP contribution >= 0.6 is 27.5 Å². The van der Waals surface area contributed by atoms with E-state index in [1.165, 1.54) is 23.1 Å². The zero-order valence-electron chi connectivity index (χ0n) is 23.7. The Morgan fingerprint density at radius 1 is 0.860 bits per heavy atom. The Hall–Kier alpha value is -3.66. The topological polar surface area (TPSA) is 86.8 Å². The Kier molecular flexibility index (Phi) is 11.4. The predicted octanol–water partition coefficient (Wildman–Crippen LogP) is 6.46. The molecule has 4 aromatic rings. The average Bonchev–Trinajstić information content (AvgIpc) is 3.02. The lowest BCUT2D eigenvalue weighted by molar-refractivity contribution is -0.140. The maximum atomic E-state index is 14.4. The number of carbonyl (C=O) groups is 2. The molecule has 0 aliphatic rings. The second-order valence-corrected chi connectivity index (χ2v) is 13.2. The first kappa shape index (κ1) is 32.3. The summed E-state index contributed by atoms with van der Waals surface area (Å²) in [5, 5.41) is 3.27. The van der Waals surface area contributed by atoms with Gasteiger partial charge in [-0.15, -0.1) is 0 Å². The maximum absolute atomic E-state index is 14.4. The molecule has 0 fully saturated rings. The highest BCUT2D eigenvalue weighted by atomic mass is 79.9. The van der Waals surface area contributed by atoms with E-state index in [-0.39, 0.29) is 29.5 Å². The second-order valence-electron chi connectivity index (χ2n) is 9.95. The van der Waals surface area contributed by atoms with E-state index < -0.39 is 28.5 Å². The second kappa shape index (κ2) is 15.2. The smallest absolute Gasteiger partial charge is 0.264 e. The normalized spacial score (nSPS) is 11.9. The van der Waals surface area contributed by atoms with Crippen LogP contribution in [0.2, 0.25) is 5.02 Å². The highest BCUT2D eigenvalue weighted by Gasteiger charge is 2.34. The molecule has 0 radical (unpaired) electrons. The van der Waals surface area contributed by atoms with Crippen LogP contribution in [0.4, 0.5) is 5.69 Å². The van der Waals surface area contributed by atoms with Crippen LogP contribution in [0.5, 0.6) is 0 Å². The van der Waals surface area contributed by atoms with Crippen LogP contribution in [0.25, 0.3) is 0 Å². The number of sulfonamides is 1. The lowest BCUT2D eigenvalue weighted by Gasteiger charge is -2.34. The van der Waals surface area contributed by atoms with E-state index in [0.717, 1.165) is 26.3 Å². The standard InChI is InChI=1S/C33H33BrClN3O4S/c1-2-20-36-33(40)31(21-25-10-5-3-6-11-25)37(23-26-16-18-27(34)19-17-26)32(39)24-38(29-13-9-12-28(35)22-29)43(41,42)30-14-7-4-8-15-30/h3-19,22,31H,2,20-21,23-24H2,1H3,(H,36,40)/t31-/m1/s1. The molecular formula is C33H33BrClN3O4S. The largest absolute Gasteiger partial charge is 0.354 e. The van der Waals surface area contributed by atoms with E-state index in [1.807, 2.05) is 61.5 Å². The zero-order chi connectivity index (χ0) is 30.8. The van der Waals surface area contributed by atoms with Crippen molar-refractivity contribution in [3.63, 3.8) is 0 Å². The average molecular weight is 683 g/mol. The molecule has 7 nitrogen and oxygen atoms in total. The van der Waals surface area contributed by atoms with Gasteiger partial charge in [-0.05, 0) is 60.0 Å². The Labute approximate surface area is 266 Å². The van der Waals surface area contributed by atoms with E-state index in [4.69, 9.17) is 11.6 Å². The number of halogens is 2. The molecule has 0 aromatic heterocycles. The highest BCUT2D eigenvalue weighted by molar-refractivity contribution is 9.10. The minimum Gasteiger partial charge on any atom is -0.354 e. The molecule has 4 rings (SSSR count). The van der Waals surface area contributed by atoms with Gasteiger partial charge < -0.3 is 10.2 Å². The summed E-state index contributed by atoms with van der Waals surface area (Å²) >= 11 is 9.71. The quantitative estimate of drug-likeness (QED) is 0.175. The molecule has 0 bridgehead atoms. The third-order valence-electron chi connectivity index (χ3n) is 6.79. The molecule has 2 amide bonds. The van der Waals surface area contributed by atoms with Crippen molar-refractivity contribution in [3.05, 3.63) is 130 Å². The molecule has 0 saturated heterocycles. The number of hydrogen-bond donors (Lipinski definition) is 1. The molecule has 0 aliphatic carbocycles. The summed E-state index contributed by atoms with van der Waals surface area (Å²) in [4.78, 5) is 29.5. The van der Waals surface area contributed by atoms with E-state index in [1.54, 1.807) is 36.4 Å². The third-order valence-corrected chi connectivity index (χ3v) is 9.34. The van der Waals surface area contributed by atoms with Crippen LogP contribution in [0.1, 0.15) is 24.5 Å². The number of benzene rings is 4. The molecular weight excluding hydrogens is 650 g/mol. The van der Waals surface area contributed by atoms with Gasteiger partial charge in [0.05, 0.1) is 10.6 Å². The number of amides is 2. The number of rotatable bonds is 13. The number of anilines is 1. The molecule has 0 unspecified atom stereocenters. The van der Waals surface area contributed by atoms with Gasteiger partial charge in [0.25, 0.3) is 10.0 Å². The Balaban J connectivity index is 1.78. The van der Waals surface area contributed by atoms with Crippen LogP contribution in [-0.4, -0.2) is 44.3 Å². The van der Waals surface area contributed by atoms with Crippen molar-refractivity contribution in [1.82, 2.24) is 10.2 Å². The van der Waals surface area contributed by atoms with Gasteiger partial charge in [0.15, 0.2) is 0 Å². The lowest BCUT2D eigenvalue weighted by Crippen LogP contribution is -2.53. The van der Waals surface area contributed by atoms with Crippen molar-refractivity contribution in [2.75, 3.05) is 17.4 Å². The Morgan fingerprint density at radius 2 is 1.51 bits per heavy atom. The molecule has 0 heterocycles. The van der Waals surface area contributed by atoms with E-state index in [0.29, 0.717) is 11.6 Å². The minimum atomic E-state index is -4.18. The van der Waals surface area contributed by atoms with Gasteiger partial charge in [-0.3, -0.25) is 13.9 Å². The van der Waals surface area contributed by atoms with Gasteiger partial charge in [-0.25, -0.2) is 8.42 Å². The summed E-state index contributed by atoms with van der Waals surface area (Å²) in [6.45, 7) is 1.95.